The summed E-state index contributed by atoms with van der Waals surface area (Å²) >= 11 is 1.41. The summed E-state index contributed by atoms with van der Waals surface area (Å²) in [5, 5.41) is 0.971. The van der Waals surface area contributed by atoms with E-state index in [1.807, 2.05) is 0 Å². The van der Waals surface area contributed by atoms with E-state index in [-0.39, 0.29) is 5.91 Å². The molecule has 0 bridgehead atoms. The van der Waals surface area contributed by atoms with Crippen molar-refractivity contribution in [1.82, 2.24) is 20.2 Å². The molecule has 100 valence electrons. The number of nitrogens with two attached hydrogens (primary N) is 1. The van der Waals surface area contributed by atoms with Crippen molar-refractivity contribution in [2.24, 2.45) is 5.84 Å². The molecule has 0 aromatic carbocycles. The van der Waals surface area contributed by atoms with Crippen LogP contribution in [0.25, 0.3) is 0 Å². The molecule has 1 aromatic rings. The van der Waals surface area contributed by atoms with Gasteiger partial charge in [-0.1, -0.05) is 6.92 Å². The first-order valence-electron chi connectivity index (χ1n) is 6.13. The number of carbonyl (C=O) groups is 1. The van der Waals surface area contributed by atoms with Crippen LogP contribution < -0.4 is 11.3 Å². The molecule has 7 heteroatoms. The van der Waals surface area contributed by atoms with E-state index in [0.29, 0.717) is 4.88 Å². The van der Waals surface area contributed by atoms with E-state index in [2.05, 4.69) is 27.1 Å². The Balaban J connectivity index is 1.86. The van der Waals surface area contributed by atoms with Gasteiger partial charge in [-0.3, -0.25) is 15.1 Å². The highest BCUT2D eigenvalue weighted by atomic mass is 32.1. The van der Waals surface area contributed by atoms with Gasteiger partial charge < -0.3 is 4.90 Å². The maximum Gasteiger partial charge on any atom is 0.276 e. The number of nitrogen functional groups attached to an aromatic ring is 1. The standard InChI is InChI=1S/C11H19N5OS/c1-2-15-3-5-16(6-4-15)8-10-13-7-9(18-10)11(17)14-12/h7H,2-6,8,12H2,1H3,(H,14,17). The van der Waals surface area contributed by atoms with E-state index in [1.165, 1.54) is 11.3 Å². The number of nitrogens with zero attached hydrogens (tertiary/aromatic N) is 3. The summed E-state index contributed by atoms with van der Waals surface area (Å²) in [6.07, 6.45) is 1.59. The van der Waals surface area contributed by atoms with Crippen LogP contribution in [-0.2, 0) is 6.54 Å². The lowest BCUT2D eigenvalue weighted by Crippen LogP contribution is -2.45. The summed E-state index contributed by atoms with van der Waals surface area (Å²) < 4.78 is 0. The number of hydrogen-bond acceptors (Lipinski definition) is 6. The van der Waals surface area contributed by atoms with Crippen molar-refractivity contribution in [3.05, 3.63) is 16.1 Å². The number of carbonyl (C=O) groups excluding carboxylic acids is 1. The van der Waals surface area contributed by atoms with E-state index in [4.69, 9.17) is 5.84 Å². The molecule has 0 unspecified atom stereocenters. The van der Waals surface area contributed by atoms with Gasteiger partial charge in [-0.15, -0.1) is 11.3 Å². The molecule has 2 rings (SSSR count). The highest BCUT2D eigenvalue weighted by molar-refractivity contribution is 7.13. The van der Waals surface area contributed by atoms with Crippen molar-refractivity contribution in [1.29, 1.82) is 0 Å². The van der Waals surface area contributed by atoms with Gasteiger partial charge in [0.1, 0.15) is 9.88 Å². The van der Waals surface area contributed by atoms with E-state index < -0.39 is 0 Å². The predicted octanol–water partition coefficient (Wildman–Crippen LogP) is -0.116. The van der Waals surface area contributed by atoms with Gasteiger partial charge in [-0.05, 0) is 6.54 Å². The van der Waals surface area contributed by atoms with Gasteiger partial charge in [0.25, 0.3) is 5.91 Å². The van der Waals surface area contributed by atoms with Crippen LogP contribution in [0.1, 0.15) is 21.6 Å². The molecule has 1 aliphatic heterocycles. The van der Waals surface area contributed by atoms with Gasteiger partial charge >= 0.3 is 0 Å². The molecule has 0 spiro atoms. The molecule has 2 heterocycles. The van der Waals surface area contributed by atoms with Crippen LogP contribution >= 0.6 is 11.3 Å². The van der Waals surface area contributed by atoms with E-state index in [9.17, 15) is 4.79 Å². The second kappa shape index (κ2) is 6.24. The fourth-order valence-corrected chi connectivity index (χ4v) is 2.88. The number of amides is 1. The average molecular weight is 269 g/mol. The van der Waals surface area contributed by atoms with Gasteiger partial charge in [-0.25, -0.2) is 10.8 Å². The first kappa shape index (κ1) is 13.4. The lowest BCUT2D eigenvalue weighted by atomic mass is 10.3. The fraction of sp³-hybridized carbons (Fsp3) is 0.636. The summed E-state index contributed by atoms with van der Waals surface area (Å²) in [6.45, 7) is 8.47. The van der Waals surface area contributed by atoms with Crippen LogP contribution in [-0.4, -0.2) is 53.4 Å². The Morgan fingerprint density at radius 3 is 2.72 bits per heavy atom. The molecule has 0 radical (unpaired) electrons. The molecule has 0 saturated carbocycles. The number of thiazole rings is 1. The van der Waals surface area contributed by atoms with Gasteiger partial charge in [0.05, 0.1) is 12.7 Å². The minimum atomic E-state index is -0.269. The predicted molar refractivity (Wildman–Crippen MR) is 71.2 cm³/mol. The molecule has 6 nitrogen and oxygen atoms in total. The first-order chi connectivity index (χ1) is 8.72. The van der Waals surface area contributed by atoms with Crippen LogP contribution in [0, 0.1) is 0 Å². The van der Waals surface area contributed by atoms with Crippen LogP contribution in [0.4, 0.5) is 0 Å². The van der Waals surface area contributed by atoms with Crippen molar-refractivity contribution in [3.63, 3.8) is 0 Å². The number of likely N-dealkylation sites (N-methyl/N-ethyl adjacent to an activating group) is 1. The topological polar surface area (TPSA) is 74.5 Å². The zero-order valence-corrected chi connectivity index (χ0v) is 11.4. The van der Waals surface area contributed by atoms with Crippen molar-refractivity contribution < 1.29 is 4.79 Å². The highest BCUT2D eigenvalue weighted by Crippen LogP contribution is 2.15. The molecular weight excluding hydrogens is 250 g/mol. The molecule has 1 aliphatic rings. The van der Waals surface area contributed by atoms with Gasteiger partial charge in [0.15, 0.2) is 0 Å². The van der Waals surface area contributed by atoms with Gasteiger partial charge in [-0.2, -0.15) is 0 Å². The number of rotatable bonds is 4. The second-order valence-electron chi connectivity index (χ2n) is 4.30. The third-order valence-corrected chi connectivity index (χ3v) is 4.16. The smallest absolute Gasteiger partial charge is 0.276 e. The minimum Gasteiger partial charge on any atom is -0.301 e. The summed E-state index contributed by atoms with van der Waals surface area (Å²) in [7, 11) is 0. The lowest BCUT2D eigenvalue weighted by molar-refractivity contribution is 0.0957. The quantitative estimate of drug-likeness (QED) is 0.453. The van der Waals surface area contributed by atoms with Crippen molar-refractivity contribution in [2.75, 3.05) is 32.7 Å². The third kappa shape index (κ3) is 3.26. The molecule has 0 atom stereocenters. The van der Waals surface area contributed by atoms with Crippen molar-refractivity contribution >= 4 is 17.2 Å². The van der Waals surface area contributed by atoms with Gasteiger partial charge in [0.2, 0.25) is 0 Å². The summed E-state index contributed by atoms with van der Waals surface area (Å²) in [4.78, 5) is 21.0. The molecule has 1 aromatic heterocycles. The Bertz CT molecular complexity index is 400. The molecule has 1 saturated heterocycles. The van der Waals surface area contributed by atoms with Crippen LogP contribution in [0.15, 0.2) is 6.20 Å². The molecule has 3 N–H and O–H groups in total. The zero-order chi connectivity index (χ0) is 13.0. The fourth-order valence-electron chi connectivity index (χ4n) is 2.01. The van der Waals surface area contributed by atoms with E-state index in [1.54, 1.807) is 6.20 Å². The molecular formula is C11H19N5OS. The summed E-state index contributed by atoms with van der Waals surface area (Å²) in [6, 6.07) is 0. The Labute approximate surface area is 111 Å². The first-order valence-corrected chi connectivity index (χ1v) is 6.95. The molecule has 1 amide bonds. The Hall–Kier alpha value is -1.02. The number of hydrazine groups is 1. The average Bonchev–Trinajstić information content (AvgIpc) is 2.87. The minimum absolute atomic E-state index is 0.269. The lowest BCUT2D eigenvalue weighted by Gasteiger charge is -2.33. The Morgan fingerprint density at radius 1 is 1.44 bits per heavy atom. The van der Waals surface area contributed by atoms with Crippen LogP contribution in [0.2, 0.25) is 0 Å². The van der Waals surface area contributed by atoms with E-state index in [0.717, 1.165) is 44.3 Å². The summed E-state index contributed by atoms with van der Waals surface area (Å²) in [5.41, 5.74) is 2.12. The maximum absolute atomic E-state index is 11.3. The Morgan fingerprint density at radius 2 is 2.11 bits per heavy atom. The van der Waals surface area contributed by atoms with Gasteiger partial charge in [0, 0.05) is 26.2 Å². The monoisotopic (exact) mass is 269 g/mol. The normalized spacial score (nSPS) is 17.9. The van der Waals surface area contributed by atoms with E-state index >= 15 is 0 Å². The Kier molecular flexibility index (Phi) is 4.65. The molecule has 0 aliphatic carbocycles. The number of nitrogens with one attached hydrogen (secondary N) is 1. The summed E-state index contributed by atoms with van der Waals surface area (Å²) in [5.74, 6) is 4.82. The molecule has 18 heavy (non-hydrogen) atoms. The largest absolute Gasteiger partial charge is 0.301 e. The maximum atomic E-state index is 11.3. The number of aromatic nitrogens is 1. The van der Waals surface area contributed by atoms with Crippen LogP contribution in [0.5, 0.6) is 0 Å². The number of piperazine rings is 1. The zero-order valence-electron chi connectivity index (χ0n) is 10.6. The molecule has 1 fully saturated rings. The van der Waals surface area contributed by atoms with Crippen molar-refractivity contribution in [2.45, 2.75) is 13.5 Å². The SMILES string of the molecule is CCN1CCN(Cc2ncc(C(=O)NN)s2)CC1. The second-order valence-corrected chi connectivity index (χ2v) is 5.42. The van der Waals surface area contributed by atoms with Crippen LogP contribution in [0.3, 0.4) is 0 Å². The number of hydrogen-bond donors (Lipinski definition) is 2. The van der Waals surface area contributed by atoms with Crippen molar-refractivity contribution in [3.8, 4) is 0 Å². The highest BCUT2D eigenvalue weighted by Gasteiger charge is 2.17. The third-order valence-electron chi connectivity index (χ3n) is 3.18.